The number of benzene rings is 9. The lowest BCUT2D eigenvalue weighted by Gasteiger charge is -2.32. The second-order valence-corrected chi connectivity index (χ2v) is 17.3. The maximum atomic E-state index is 2.53. The third kappa shape index (κ3) is 5.38. The van der Waals surface area contributed by atoms with E-state index in [1.54, 1.807) is 0 Å². The molecule has 11 rings (SSSR count). The Morgan fingerprint density at radius 2 is 0.780 bits per heavy atom. The zero-order valence-electron chi connectivity index (χ0n) is 34.0. The van der Waals surface area contributed by atoms with Gasteiger partial charge >= 0.3 is 0 Å². The van der Waals surface area contributed by atoms with Crippen molar-refractivity contribution in [2.45, 2.75) is 38.5 Å². The van der Waals surface area contributed by atoms with Gasteiger partial charge in [0.05, 0.1) is 17.1 Å². The summed E-state index contributed by atoms with van der Waals surface area (Å²) in [6, 6.07) is 74.4. The number of hydrogen-bond donors (Lipinski definition) is 0. The SMILES string of the molecule is CC1(C)c2ccccc2-c2cc(-c3ccccc3N(c3ccccc3-c3ccccc3)c3ccccc3-c3cccc4c3-c3cc5ccccc5cc3C4(C)C)ccc21. The van der Waals surface area contributed by atoms with Gasteiger partial charge in [0.25, 0.3) is 0 Å². The molecule has 0 radical (unpaired) electrons. The largest absolute Gasteiger partial charge is 0.309 e. The van der Waals surface area contributed by atoms with E-state index in [-0.39, 0.29) is 10.8 Å². The maximum absolute atomic E-state index is 2.53. The first-order chi connectivity index (χ1) is 28.8. The smallest absolute Gasteiger partial charge is 0.0540 e. The Morgan fingerprint density at radius 1 is 0.288 bits per heavy atom. The highest BCUT2D eigenvalue weighted by Gasteiger charge is 2.38. The molecule has 59 heavy (non-hydrogen) atoms. The van der Waals surface area contributed by atoms with Crippen molar-refractivity contribution in [3.63, 3.8) is 0 Å². The van der Waals surface area contributed by atoms with Crippen molar-refractivity contribution in [2.75, 3.05) is 4.90 Å². The lowest BCUT2D eigenvalue weighted by Crippen LogP contribution is -2.15. The van der Waals surface area contributed by atoms with E-state index in [4.69, 9.17) is 0 Å². The number of nitrogens with zero attached hydrogens (tertiary/aromatic N) is 1. The molecule has 0 atom stereocenters. The van der Waals surface area contributed by atoms with Crippen LogP contribution in [-0.4, -0.2) is 0 Å². The van der Waals surface area contributed by atoms with Gasteiger partial charge in [-0.1, -0.05) is 191 Å². The van der Waals surface area contributed by atoms with Gasteiger partial charge in [0, 0.05) is 27.5 Å². The van der Waals surface area contributed by atoms with E-state index in [1.807, 2.05) is 0 Å². The average molecular weight is 756 g/mol. The second-order valence-electron chi connectivity index (χ2n) is 17.3. The van der Waals surface area contributed by atoms with Crippen molar-refractivity contribution >= 4 is 27.8 Å². The molecule has 0 aromatic heterocycles. The molecular formula is C58H45N. The molecule has 0 N–H and O–H groups in total. The Bertz CT molecular complexity index is 3110. The van der Waals surface area contributed by atoms with Gasteiger partial charge in [-0.05, 0) is 108 Å². The minimum absolute atomic E-state index is 0.0566. The van der Waals surface area contributed by atoms with Crippen molar-refractivity contribution < 1.29 is 0 Å². The molecule has 1 heteroatoms. The van der Waals surface area contributed by atoms with Gasteiger partial charge in [0.15, 0.2) is 0 Å². The average Bonchev–Trinajstić information content (AvgIpc) is 3.65. The van der Waals surface area contributed by atoms with E-state index in [2.05, 4.69) is 233 Å². The van der Waals surface area contributed by atoms with Crippen LogP contribution in [0.2, 0.25) is 0 Å². The first kappa shape index (κ1) is 35.2. The summed E-state index contributed by atoms with van der Waals surface area (Å²) in [4.78, 5) is 2.53. The van der Waals surface area contributed by atoms with Gasteiger partial charge in [-0.2, -0.15) is 0 Å². The molecule has 0 bridgehead atoms. The Morgan fingerprint density at radius 3 is 1.49 bits per heavy atom. The summed E-state index contributed by atoms with van der Waals surface area (Å²) in [5, 5.41) is 2.55. The molecule has 0 amide bonds. The van der Waals surface area contributed by atoms with Crippen LogP contribution in [0.1, 0.15) is 49.9 Å². The van der Waals surface area contributed by atoms with E-state index >= 15 is 0 Å². The van der Waals surface area contributed by atoms with Gasteiger partial charge < -0.3 is 4.90 Å². The van der Waals surface area contributed by atoms with Crippen molar-refractivity contribution in [1.82, 2.24) is 0 Å². The predicted octanol–water partition coefficient (Wildman–Crippen LogP) is 15.9. The standard InChI is InChI=1S/C58H45N/c1-57(2)49-28-14-10-25-44(49)47-36-41(33-34-50(47)57)43-24-12-16-31-54(43)59(53-30-15-11-23-42(53)38-19-6-5-7-20-38)55-32-17-13-26-45(55)46-27-18-29-51-56(46)48-35-39-21-8-9-22-40(39)37-52(48)58(51,3)4/h5-37H,1-4H3. The topological polar surface area (TPSA) is 3.24 Å². The van der Waals surface area contributed by atoms with Gasteiger partial charge in [-0.15, -0.1) is 0 Å². The zero-order chi connectivity index (χ0) is 39.9. The second kappa shape index (κ2) is 13.3. The van der Waals surface area contributed by atoms with Crippen LogP contribution in [0.4, 0.5) is 17.1 Å². The third-order valence-electron chi connectivity index (χ3n) is 13.3. The highest BCUT2D eigenvalue weighted by molar-refractivity contribution is 6.03. The van der Waals surface area contributed by atoms with Crippen LogP contribution in [0, 0.1) is 0 Å². The first-order valence-corrected chi connectivity index (χ1v) is 20.9. The van der Waals surface area contributed by atoms with Crippen LogP contribution in [0.5, 0.6) is 0 Å². The van der Waals surface area contributed by atoms with Gasteiger partial charge in [-0.3, -0.25) is 0 Å². The van der Waals surface area contributed by atoms with Crippen molar-refractivity contribution in [3.8, 4) is 55.6 Å². The quantitative estimate of drug-likeness (QED) is 0.163. The minimum Gasteiger partial charge on any atom is -0.309 e. The molecular weight excluding hydrogens is 711 g/mol. The summed E-state index contributed by atoms with van der Waals surface area (Å²) in [5.74, 6) is 0. The van der Waals surface area contributed by atoms with Crippen LogP contribution in [-0.2, 0) is 10.8 Å². The van der Waals surface area contributed by atoms with Gasteiger partial charge in [0.2, 0.25) is 0 Å². The van der Waals surface area contributed by atoms with Crippen molar-refractivity contribution in [2.24, 2.45) is 0 Å². The monoisotopic (exact) mass is 755 g/mol. The van der Waals surface area contributed by atoms with Crippen molar-refractivity contribution in [3.05, 3.63) is 222 Å². The summed E-state index contributed by atoms with van der Waals surface area (Å²) >= 11 is 0. The first-order valence-electron chi connectivity index (χ1n) is 20.9. The normalized spacial score (nSPS) is 14.0. The third-order valence-corrected chi connectivity index (χ3v) is 13.3. The van der Waals surface area contributed by atoms with Gasteiger partial charge in [0.1, 0.15) is 0 Å². The maximum Gasteiger partial charge on any atom is 0.0540 e. The Hall–Kier alpha value is -6.96. The van der Waals surface area contributed by atoms with E-state index in [0.29, 0.717) is 0 Å². The zero-order valence-corrected chi connectivity index (χ0v) is 34.0. The number of para-hydroxylation sites is 3. The molecule has 2 aliphatic rings. The highest BCUT2D eigenvalue weighted by atomic mass is 15.1. The summed E-state index contributed by atoms with van der Waals surface area (Å²) in [5.41, 5.74) is 21.2. The molecule has 2 aliphatic carbocycles. The molecule has 0 spiro atoms. The lowest BCUT2D eigenvalue weighted by molar-refractivity contribution is 0.660. The Labute approximate surface area is 347 Å². The fourth-order valence-corrected chi connectivity index (χ4v) is 10.3. The summed E-state index contributed by atoms with van der Waals surface area (Å²) in [7, 11) is 0. The molecule has 0 fully saturated rings. The molecule has 9 aromatic rings. The Balaban J connectivity index is 1.17. The molecule has 282 valence electrons. The summed E-state index contributed by atoms with van der Waals surface area (Å²) in [6.07, 6.45) is 0. The summed E-state index contributed by atoms with van der Waals surface area (Å²) < 4.78 is 0. The molecule has 9 aromatic carbocycles. The molecule has 1 nitrogen and oxygen atoms in total. The van der Waals surface area contributed by atoms with Crippen LogP contribution < -0.4 is 4.90 Å². The van der Waals surface area contributed by atoms with E-state index in [0.717, 1.165) is 17.1 Å². The fraction of sp³-hybridized carbons (Fsp3) is 0.103. The predicted molar refractivity (Wildman–Crippen MR) is 250 cm³/mol. The van der Waals surface area contributed by atoms with E-state index in [9.17, 15) is 0 Å². The number of hydrogen-bond acceptors (Lipinski definition) is 1. The molecule has 0 aliphatic heterocycles. The van der Waals surface area contributed by atoms with Crippen LogP contribution in [0.3, 0.4) is 0 Å². The molecule has 0 saturated heterocycles. The van der Waals surface area contributed by atoms with Crippen molar-refractivity contribution in [1.29, 1.82) is 0 Å². The van der Waals surface area contributed by atoms with Gasteiger partial charge in [-0.25, -0.2) is 0 Å². The van der Waals surface area contributed by atoms with Crippen LogP contribution in [0.25, 0.3) is 66.4 Å². The molecule has 0 unspecified atom stereocenters. The van der Waals surface area contributed by atoms with E-state index in [1.165, 1.54) is 88.7 Å². The minimum atomic E-state index is -0.146. The number of fused-ring (bicyclic) bond motifs is 7. The summed E-state index contributed by atoms with van der Waals surface area (Å²) in [6.45, 7) is 9.48. The molecule has 0 saturated carbocycles. The van der Waals surface area contributed by atoms with Crippen LogP contribution >= 0.6 is 0 Å². The van der Waals surface area contributed by atoms with Crippen LogP contribution in [0.15, 0.2) is 200 Å². The number of anilines is 3. The molecule has 0 heterocycles. The highest BCUT2D eigenvalue weighted by Crippen LogP contribution is 2.56. The Kier molecular flexibility index (Phi) is 7.94. The fourth-order valence-electron chi connectivity index (χ4n) is 10.3. The van der Waals surface area contributed by atoms with E-state index < -0.39 is 0 Å². The number of rotatable bonds is 6. The lowest BCUT2D eigenvalue weighted by atomic mass is 9.81.